The molecule has 3 nitrogen and oxygen atoms in total. The van der Waals surface area contributed by atoms with Crippen molar-refractivity contribution in [3.63, 3.8) is 0 Å². The summed E-state index contributed by atoms with van der Waals surface area (Å²) in [7, 11) is 0. The van der Waals surface area contributed by atoms with E-state index in [9.17, 15) is 8.78 Å². The van der Waals surface area contributed by atoms with E-state index in [1.165, 1.54) is 11.1 Å². The number of fused-ring (bicyclic) bond motifs is 2. The van der Waals surface area contributed by atoms with Gasteiger partial charge in [-0.15, -0.1) is 0 Å². The zero-order valence-corrected chi connectivity index (χ0v) is 16.1. The number of nitrogens with zero attached hydrogens (tertiary/aromatic N) is 1. The van der Waals surface area contributed by atoms with Gasteiger partial charge in [-0.05, 0) is 48.1 Å². The smallest absolute Gasteiger partial charge is 0.166 e. The van der Waals surface area contributed by atoms with Crippen molar-refractivity contribution in [1.29, 1.82) is 0 Å². The zero-order valence-electron chi connectivity index (χ0n) is 16.1. The van der Waals surface area contributed by atoms with E-state index >= 15 is 0 Å². The molecule has 1 aliphatic carbocycles. The molecule has 5 rings (SSSR count). The average molecular weight is 389 g/mol. The Kier molecular flexibility index (Phi) is 4.40. The molecule has 0 spiro atoms. The largest absolute Gasteiger partial charge is 0.344 e. The summed E-state index contributed by atoms with van der Waals surface area (Å²) in [5.41, 5.74) is 6.46. The molecular weight excluding hydrogens is 368 g/mol. The summed E-state index contributed by atoms with van der Waals surface area (Å²) in [5.74, 6) is -1.59. The number of imidazole rings is 1. The summed E-state index contributed by atoms with van der Waals surface area (Å²) in [5, 5.41) is 3.38. The van der Waals surface area contributed by atoms with E-state index in [-0.39, 0.29) is 11.6 Å². The molecule has 29 heavy (non-hydrogen) atoms. The predicted octanol–water partition coefficient (Wildman–Crippen LogP) is 5.07. The lowest BCUT2D eigenvalue weighted by Crippen LogP contribution is -2.29. The number of benzene rings is 3. The van der Waals surface area contributed by atoms with Crippen LogP contribution in [-0.4, -0.2) is 16.0 Å². The Balaban J connectivity index is 1.38. The molecule has 4 aromatic rings. The summed E-state index contributed by atoms with van der Waals surface area (Å²) < 4.78 is 29.8. The lowest BCUT2D eigenvalue weighted by Gasteiger charge is -2.14. The number of H-pyrrole nitrogens is 1. The van der Waals surface area contributed by atoms with Gasteiger partial charge < -0.3 is 10.3 Å². The van der Waals surface area contributed by atoms with E-state index in [1.54, 1.807) is 24.5 Å². The van der Waals surface area contributed by atoms with Crippen LogP contribution in [0.4, 0.5) is 8.78 Å². The Morgan fingerprint density at radius 3 is 2.45 bits per heavy atom. The van der Waals surface area contributed by atoms with Crippen molar-refractivity contribution in [2.75, 3.05) is 0 Å². The van der Waals surface area contributed by atoms with Gasteiger partial charge in [0.15, 0.2) is 11.6 Å². The molecule has 0 atom stereocenters. The lowest BCUT2D eigenvalue weighted by molar-refractivity contribution is 0.479. The number of hydrogen-bond donors (Lipinski definition) is 2. The van der Waals surface area contributed by atoms with Gasteiger partial charge in [0, 0.05) is 23.7 Å². The molecule has 0 radical (unpaired) electrons. The molecule has 0 bridgehead atoms. The first-order chi connectivity index (χ1) is 14.1. The first-order valence-electron chi connectivity index (χ1n) is 9.82. The Labute approximate surface area is 167 Å². The Hall–Kier alpha value is -3.05. The first-order valence-corrected chi connectivity index (χ1v) is 9.82. The second-order valence-corrected chi connectivity index (χ2v) is 7.69. The Morgan fingerprint density at radius 1 is 0.966 bits per heavy atom. The van der Waals surface area contributed by atoms with Crippen molar-refractivity contribution in [3.05, 3.63) is 88.7 Å². The van der Waals surface area contributed by atoms with Gasteiger partial charge in [-0.2, -0.15) is 0 Å². The quantitative estimate of drug-likeness (QED) is 0.511. The third-order valence-corrected chi connectivity index (χ3v) is 5.94. The van der Waals surface area contributed by atoms with E-state index in [0.717, 1.165) is 29.4 Å². The number of nitrogens with one attached hydrogen (secondary N) is 2. The van der Waals surface area contributed by atoms with Gasteiger partial charge in [-0.25, -0.2) is 13.8 Å². The molecule has 1 aromatic heterocycles. The topological polar surface area (TPSA) is 40.7 Å². The third-order valence-electron chi connectivity index (χ3n) is 5.94. The maximum Gasteiger partial charge on any atom is 0.166 e. The van der Waals surface area contributed by atoms with Gasteiger partial charge >= 0.3 is 0 Å². The standard InChI is InChI=1S/C24H21F2N3/c1-14-19(8-9-21-24(14)29-13-28-21)20-7-6-17(22(25)23(20)26)12-27-18-10-15-4-2-3-5-16(15)11-18/h2-9,13,18,27H,10-12H2,1H3,(H,28,29). The summed E-state index contributed by atoms with van der Waals surface area (Å²) in [6.07, 6.45) is 3.44. The van der Waals surface area contributed by atoms with Crippen LogP contribution in [0, 0.1) is 18.6 Å². The predicted molar refractivity (Wildman–Crippen MR) is 111 cm³/mol. The SMILES string of the molecule is Cc1c(-c2ccc(CNC3Cc4ccccc4C3)c(F)c2F)ccc2nc[nH]c12. The minimum atomic E-state index is -0.805. The molecule has 0 fully saturated rings. The molecule has 0 unspecified atom stereocenters. The van der Waals surface area contributed by atoms with Crippen molar-refractivity contribution in [2.45, 2.75) is 32.4 Å². The van der Waals surface area contributed by atoms with Gasteiger partial charge in [0.1, 0.15) is 0 Å². The molecule has 0 saturated heterocycles. The van der Waals surface area contributed by atoms with Crippen LogP contribution in [0.15, 0.2) is 54.9 Å². The van der Waals surface area contributed by atoms with Crippen LogP contribution in [0.3, 0.4) is 0 Å². The number of halogens is 2. The average Bonchev–Trinajstić information content (AvgIpc) is 3.37. The monoisotopic (exact) mass is 389 g/mol. The highest BCUT2D eigenvalue weighted by atomic mass is 19.2. The zero-order chi connectivity index (χ0) is 20.0. The molecule has 0 amide bonds. The molecular formula is C24H21F2N3. The summed E-state index contributed by atoms with van der Waals surface area (Å²) >= 11 is 0. The van der Waals surface area contributed by atoms with Crippen molar-refractivity contribution in [2.24, 2.45) is 0 Å². The highest BCUT2D eigenvalue weighted by Gasteiger charge is 2.22. The lowest BCUT2D eigenvalue weighted by atomic mass is 9.97. The Bertz CT molecular complexity index is 1190. The number of rotatable bonds is 4. The van der Waals surface area contributed by atoms with Crippen LogP contribution in [0.25, 0.3) is 22.2 Å². The van der Waals surface area contributed by atoms with Crippen LogP contribution >= 0.6 is 0 Å². The number of aromatic amines is 1. The van der Waals surface area contributed by atoms with Crippen molar-refractivity contribution in [1.82, 2.24) is 15.3 Å². The molecule has 1 aliphatic rings. The van der Waals surface area contributed by atoms with E-state index in [1.807, 2.05) is 25.1 Å². The Morgan fingerprint density at radius 2 is 1.69 bits per heavy atom. The van der Waals surface area contributed by atoms with E-state index in [0.29, 0.717) is 17.7 Å². The second-order valence-electron chi connectivity index (χ2n) is 7.69. The second kappa shape index (κ2) is 7.08. The van der Waals surface area contributed by atoms with E-state index < -0.39 is 11.6 Å². The highest BCUT2D eigenvalue weighted by molar-refractivity contribution is 5.86. The molecule has 1 heterocycles. The first kappa shape index (κ1) is 18.0. The van der Waals surface area contributed by atoms with Crippen LogP contribution in [0.5, 0.6) is 0 Å². The maximum absolute atomic E-state index is 14.9. The minimum absolute atomic E-state index is 0.250. The molecule has 3 aromatic carbocycles. The third kappa shape index (κ3) is 3.12. The molecule has 2 N–H and O–H groups in total. The number of aryl methyl sites for hydroxylation is 1. The van der Waals surface area contributed by atoms with Gasteiger partial charge in [-0.1, -0.05) is 42.5 Å². The van der Waals surface area contributed by atoms with Gasteiger partial charge in [0.05, 0.1) is 17.4 Å². The fraction of sp³-hybridized carbons (Fsp3) is 0.208. The molecule has 146 valence electrons. The van der Waals surface area contributed by atoms with Gasteiger partial charge in [0.2, 0.25) is 0 Å². The van der Waals surface area contributed by atoms with Crippen LogP contribution in [-0.2, 0) is 19.4 Å². The molecule has 0 saturated carbocycles. The molecule has 5 heteroatoms. The highest BCUT2D eigenvalue weighted by Crippen LogP contribution is 2.32. The maximum atomic E-state index is 14.9. The van der Waals surface area contributed by atoms with Crippen molar-refractivity contribution >= 4 is 11.0 Å². The van der Waals surface area contributed by atoms with Crippen molar-refractivity contribution < 1.29 is 8.78 Å². The van der Waals surface area contributed by atoms with E-state index in [2.05, 4.69) is 27.4 Å². The minimum Gasteiger partial charge on any atom is -0.344 e. The van der Waals surface area contributed by atoms with Gasteiger partial charge in [0.25, 0.3) is 0 Å². The van der Waals surface area contributed by atoms with E-state index in [4.69, 9.17) is 0 Å². The molecule has 0 aliphatic heterocycles. The van der Waals surface area contributed by atoms with Crippen molar-refractivity contribution in [3.8, 4) is 11.1 Å². The summed E-state index contributed by atoms with van der Waals surface area (Å²) in [6, 6.07) is 15.6. The fourth-order valence-electron chi connectivity index (χ4n) is 4.34. The fourth-order valence-corrected chi connectivity index (χ4v) is 4.34. The summed E-state index contributed by atoms with van der Waals surface area (Å²) in [4.78, 5) is 7.28. The van der Waals surface area contributed by atoms with Gasteiger partial charge in [-0.3, -0.25) is 0 Å². The van der Waals surface area contributed by atoms with Crippen LogP contribution < -0.4 is 5.32 Å². The number of hydrogen-bond acceptors (Lipinski definition) is 2. The normalized spacial score (nSPS) is 13.9. The summed E-state index contributed by atoms with van der Waals surface area (Å²) in [6.45, 7) is 2.20. The van der Waals surface area contributed by atoms with Crippen LogP contribution in [0.2, 0.25) is 0 Å². The van der Waals surface area contributed by atoms with Crippen LogP contribution in [0.1, 0.15) is 22.3 Å². The number of aromatic nitrogens is 2.